The Morgan fingerprint density at radius 2 is 1.94 bits per heavy atom. The molecule has 8 heteroatoms. The molecule has 0 bridgehead atoms. The summed E-state index contributed by atoms with van der Waals surface area (Å²) in [5, 5.41) is -0.0999. The first-order chi connectivity index (χ1) is 8.38. The summed E-state index contributed by atoms with van der Waals surface area (Å²) < 4.78 is 37.5. The Hall–Kier alpha value is -1.47. The van der Waals surface area contributed by atoms with Crippen LogP contribution in [0, 0.1) is 4.77 Å². The van der Waals surface area contributed by atoms with Crippen LogP contribution in [0.5, 0.6) is 0 Å². The van der Waals surface area contributed by atoms with E-state index >= 15 is 0 Å². The van der Waals surface area contributed by atoms with E-state index in [9.17, 15) is 13.2 Å². The molecule has 0 fully saturated rings. The molecule has 18 heavy (non-hydrogen) atoms. The van der Waals surface area contributed by atoms with E-state index in [0.29, 0.717) is 5.56 Å². The molecule has 1 N–H and O–H groups in total. The fraction of sp³-hybridized carbons (Fsp3) is 0.100. The first-order valence-corrected chi connectivity index (χ1v) is 5.44. The van der Waals surface area contributed by atoms with E-state index in [1.54, 1.807) is 0 Å². The van der Waals surface area contributed by atoms with Crippen molar-refractivity contribution in [3.8, 4) is 11.3 Å². The molecule has 2 aromatic heterocycles. The van der Waals surface area contributed by atoms with Crippen molar-refractivity contribution in [2.24, 2.45) is 0 Å². The maximum atomic E-state index is 12.4. The molecule has 0 aliphatic heterocycles. The molecule has 0 radical (unpaired) electrons. The van der Waals surface area contributed by atoms with Gasteiger partial charge in [-0.15, -0.1) is 0 Å². The predicted molar refractivity (Wildman–Crippen MR) is 62.7 cm³/mol. The largest absolute Gasteiger partial charge is 0.417 e. The number of hydrogen-bond acceptors (Lipinski definition) is 3. The first-order valence-electron chi connectivity index (χ1n) is 4.66. The van der Waals surface area contributed by atoms with E-state index < -0.39 is 11.7 Å². The SMILES string of the molecule is FC(F)(F)c1cnc(-c2cnc(=S)[nH]c2)c(Cl)c1. The van der Waals surface area contributed by atoms with Gasteiger partial charge in [-0.05, 0) is 18.3 Å². The van der Waals surface area contributed by atoms with Crippen molar-refractivity contribution in [1.29, 1.82) is 0 Å². The van der Waals surface area contributed by atoms with Crippen molar-refractivity contribution in [1.82, 2.24) is 15.0 Å². The molecule has 0 aromatic carbocycles. The van der Waals surface area contributed by atoms with Gasteiger partial charge in [-0.25, -0.2) is 4.98 Å². The van der Waals surface area contributed by atoms with Crippen LogP contribution in [-0.2, 0) is 6.18 Å². The van der Waals surface area contributed by atoms with Gasteiger partial charge in [-0.3, -0.25) is 4.98 Å². The molecule has 0 aliphatic rings. The molecule has 0 saturated carbocycles. The predicted octanol–water partition coefficient (Wildman–Crippen LogP) is 3.87. The molecule has 2 rings (SSSR count). The lowest BCUT2D eigenvalue weighted by atomic mass is 10.2. The minimum absolute atomic E-state index is 0.0999. The highest BCUT2D eigenvalue weighted by Gasteiger charge is 2.31. The third-order valence-electron chi connectivity index (χ3n) is 2.11. The number of rotatable bonds is 1. The number of pyridine rings is 1. The smallest absolute Gasteiger partial charge is 0.337 e. The molecule has 0 aliphatic carbocycles. The number of aromatic amines is 1. The van der Waals surface area contributed by atoms with Gasteiger partial charge in [-0.1, -0.05) is 11.6 Å². The van der Waals surface area contributed by atoms with Crippen LogP contribution in [-0.4, -0.2) is 15.0 Å². The number of H-pyrrole nitrogens is 1. The Labute approximate surface area is 110 Å². The summed E-state index contributed by atoms with van der Waals surface area (Å²) in [6.45, 7) is 0. The molecule has 2 aromatic rings. The van der Waals surface area contributed by atoms with Gasteiger partial charge in [0.15, 0.2) is 4.77 Å². The molecule has 2 heterocycles. The number of aromatic nitrogens is 3. The third kappa shape index (κ3) is 2.68. The van der Waals surface area contributed by atoms with Crippen LogP contribution >= 0.6 is 23.8 Å². The lowest BCUT2D eigenvalue weighted by Crippen LogP contribution is -2.05. The Morgan fingerprint density at radius 3 is 2.44 bits per heavy atom. The highest BCUT2D eigenvalue weighted by atomic mass is 35.5. The van der Waals surface area contributed by atoms with E-state index in [1.807, 2.05) is 0 Å². The zero-order valence-electron chi connectivity index (χ0n) is 8.62. The number of halogens is 4. The summed E-state index contributed by atoms with van der Waals surface area (Å²) in [7, 11) is 0. The van der Waals surface area contributed by atoms with Crippen LogP contribution < -0.4 is 0 Å². The number of nitrogens with zero attached hydrogens (tertiary/aromatic N) is 2. The second-order valence-electron chi connectivity index (χ2n) is 3.36. The summed E-state index contributed by atoms with van der Waals surface area (Å²) in [4.78, 5) is 10.2. The highest BCUT2D eigenvalue weighted by molar-refractivity contribution is 7.71. The maximum Gasteiger partial charge on any atom is 0.417 e. The van der Waals surface area contributed by atoms with Crippen LogP contribution in [0.15, 0.2) is 24.7 Å². The van der Waals surface area contributed by atoms with Crippen molar-refractivity contribution < 1.29 is 13.2 Å². The van der Waals surface area contributed by atoms with E-state index in [0.717, 1.165) is 12.3 Å². The van der Waals surface area contributed by atoms with Gasteiger partial charge < -0.3 is 4.98 Å². The van der Waals surface area contributed by atoms with Crippen molar-refractivity contribution in [2.75, 3.05) is 0 Å². The summed E-state index contributed by atoms with van der Waals surface area (Å²) >= 11 is 10.5. The third-order valence-corrected chi connectivity index (χ3v) is 2.63. The van der Waals surface area contributed by atoms with Gasteiger partial charge in [0.05, 0.1) is 16.3 Å². The second kappa shape index (κ2) is 4.66. The van der Waals surface area contributed by atoms with E-state index in [1.165, 1.54) is 12.4 Å². The summed E-state index contributed by atoms with van der Waals surface area (Å²) in [6, 6.07) is 0.825. The molecule has 94 valence electrons. The van der Waals surface area contributed by atoms with Crippen molar-refractivity contribution >= 4 is 23.8 Å². The van der Waals surface area contributed by atoms with Crippen LogP contribution in [0.25, 0.3) is 11.3 Å². The molecule has 0 atom stereocenters. The normalized spacial score (nSPS) is 11.6. The minimum atomic E-state index is -4.47. The van der Waals surface area contributed by atoms with Gasteiger partial charge in [0.25, 0.3) is 0 Å². The molecule has 0 spiro atoms. The standard InChI is InChI=1S/C10H5ClF3N3S/c11-7-1-6(10(12,13)14)4-15-8(7)5-2-16-9(18)17-3-5/h1-4H,(H,16,17,18). The fourth-order valence-electron chi connectivity index (χ4n) is 1.28. The van der Waals surface area contributed by atoms with Gasteiger partial charge >= 0.3 is 6.18 Å². The Kier molecular flexibility index (Phi) is 3.36. The highest BCUT2D eigenvalue weighted by Crippen LogP contribution is 2.33. The molecule has 0 unspecified atom stereocenters. The summed E-state index contributed by atoms with van der Waals surface area (Å²) in [6.07, 6.45) is -0.871. The zero-order chi connectivity index (χ0) is 13.3. The summed E-state index contributed by atoms with van der Waals surface area (Å²) in [5.41, 5.74) is -0.223. The van der Waals surface area contributed by atoms with E-state index in [4.69, 9.17) is 23.8 Å². The maximum absolute atomic E-state index is 12.4. The number of alkyl halides is 3. The summed E-state index contributed by atoms with van der Waals surface area (Å²) in [5.74, 6) is 0. The topological polar surface area (TPSA) is 41.6 Å². The van der Waals surface area contributed by atoms with Crippen LogP contribution in [0.2, 0.25) is 5.02 Å². The van der Waals surface area contributed by atoms with Gasteiger partial charge in [0.1, 0.15) is 0 Å². The van der Waals surface area contributed by atoms with E-state index in [-0.39, 0.29) is 15.5 Å². The lowest BCUT2D eigenvalue weighted by Gasteiger charge is -2.08. The number of nitrogens with one attached hydrogen (secondary N) is 1. The average Bonchev–Trinajstić information content (AvgIpc) is 2.29. The van der Waals surface area contributed by atoms with Gasteiger partial charge in [0, 0.05) is 24.2 Å². The fourth-order valence-corrected chi connectivity index (χ4v) is 1.66. The Morgan fingerprint density at radius 1 is 1.22 bits per heavy atom. The molecule has 3 nitrogen and oxygen atoms in total. The quantitative estimate of drug-likeness (QED) is 0.811. The van der Waals surface area contributed by atoms with Crippen LogP contribution in [0.4, 0.5) is 13.2 Å². The molecular weight excluding hydrogens is 287 g/mol. The zero-order valence-corrected chi connectivity index (χ0v) is 10.2. The molecule has 0 amide bonds. The Bertz CT molecular complexity index is 619. The Balaban J connectivity index is 2.48. The minimum Gasteiger partial charge on any atom is -0.337 e. The lowest BCUT2D eigenvalue weighted by molar-refractivity contribution is -0.137. The van der Waals surface area contributed by atoms with Gasteiger partial charge in [-0.2, -0.15) is 13.2 Å². The van der Waals surface area contributed by atoms with Crippen molar-refractivity contribution in [3.63, 3.8) is 0 Å². The van der Waals surface area contributed by atoms with Crippen molar-refractivity contribution in [3.05, 3.63) is 40.0 Å². The number of hydrogen-bond donors (Lipinski definition) is 1. The molecular formula is C10H5ClF3N3S. The van der Waals surface area contributed by atoms with E-state index in [2.05, 4.69) is 15.0 Å². The van der Waals surface area contributed by atoms with Crippen LogP contribution in [0.1, 0.15) is 5.56 Å². The monoisotopic (exact) mass is 291 g/mol. The van der Waals surface area contributed by atoms with Crippen molar-refractivity contribution in [2.45, 2.75) is 6.18 Å². The first kappa shape index (κ1) is 13.0. The van der Waals surface area contributed by atoms with Gasteiger partial charge in [0.2, 0.25) is 0 Å². The van der Waals surface area contributed by atoms with Crippen LogP contribution in [0.3, 0.4) is 0 Å². The second-order valence-corrected chi connectivity index (χ2v) is 4.15. The molecule has 0 saturated heterocycles. The average molecular weight is 292 g/mol.